The number of ether oxygens (including phenoxy) is 3. The van der Waals surface area contributed by atoms with Crippen molar-refractivity contribution in [3.63, 3.8) is 0 Å². The number of likely N-dealkylation sites (N-methyl/N-ethyl adjacent to an activating group) is 1. The maximum Gasteiger partial charge on any atom is 0.306 e. The lowest BCUT2D eigenvalue weighted by Gasteiger charge is -2.34. The number of rotatable bonds is 27. The van der Waals surface area contributed by atoms with Crippen LogP contribution in [-0.2, 0) is 28.6 Å². The van der Waals surface area contributed by atoms with E-state index in [1.165, 1.54) is 57.8 Å². The van der Waals surface area contributed by atoms with Gasteiger partial charge in [0.25, 0.3) is 0 Å². The molecule has 234 valence electrons. The second-order valence-corrected chi connectivity index (χ2v) is 11.7. The number of unbranched alkanes of at least 4 members (excludes halogenated alkanes) is 11. The molecule has 0 heterocycles. The summed E-state index contributed by atoms with van der Waals surface area (Å²) in [5.41, 5.74) is 0. The Morgan fingerprint density at radius 3 is 1.90 bits per heavy atom. The van der Waals surface area contributed by atoms with Crippen LogP contribution in [0.15, 0.2) is 12.2 Å². The predicted octanol–water partition coefficient (Wildman–Crippen LogP) is 5.51. The summed E-state index contributed by atoms with van der Waals surface area (Å²) < 4.78 is 16.9. The van der Waals surface area contributed by atoms with Gasteiger partial charge in [0.2, 0.25) is 0 Å². The molecular weight excluding hydrogens is 510 g/mol. The number of hydrogen-bond donors (Lipinski definition) is 0. The first-order chi connectivity index (χ1) is 19.1. The van der Waals surface area contributed by atoms with E-state index in [0.717, 1.165) is 25.7 Å². The van der Waals surface area contributed by atoms with E-state index in [4.69, 9.17) is 14.2 Å². The lowest BCUT2D eigenvalue weighted by molar-refractivity contribution is -0.889. The highest BCUT2D eigenvalue weighted by Crippen LogP contribution is 2.12. The SMILES string of the molecule is CCCCCC/C=C/CCC(=O)OCC(COCCC(C(=O)[O-])[N+](C)(C)C)OC(=O)CCCCCCCCCC. The molecule has 2 atom stereocenters. The summed E-state index contributed by atoms with van der Waals surface area (Å²) in [7, 11) is 5.37. The molecule has 0 aromatic carbocycles. The summed E-state index contributed by atoms with van der Waals surface area (Å²) in [5, 5.41) is 11.5. The molecule has 0 amide bonds. The van der Waals surface area contributed by atoms with Crippen LogP contribution in [0, 0.1) is 0 Å². The van der Waals surface area contributed by atoms with E-state index in [0.29, 0.717) is 12.8 Å². The van der Waals surface area contributed by atoms with Crippen molar-refractivity contribution in [3.05, 3.63) is 12.2 Å². The van der Waals surface area contributed by atoms with Crippen molar-refractivity contribution in [1.82, 2.24) is 0 Å². The number of quaternary nitrogens is 1. The van der Waals surface area contributed by atoms with Gasteiger partial charge in [-0.1, -0.05) is 90.2 Å². The van der Waals surface area contributed by atoms with Crippen LogP contribution in [0.2, 0.25) is 0 Å². The number of nitrogens with zero attached hydrogens (tertiary/aromatic N) is 1. The zero-order chi connectivity index (χ0) is 30.1. The molecule has 0 N–H and O–H groups in total. The number of carbonyl (C=O) groups excluding carboxylic acids is 3. The first kappa shape index (κ1) is 38.1. The minimum absolute atomic E-state index is 0.0328. The van der Waals surface area contributed by atoms with Gasteiger partial charge >= 0.3 is 11.9 Å². The number of carboxylic acids is 1. The Kier molecular flexibility index (Phi) is 23.6. The average Bonchev–Trinajstić information content (AvgIpc) is 2.89. The third kappa shape index (κ3) is 22.8. The Labute approximate surface area is 244 Å². The summed E-state index contributed by atoms with van der Waals surface area (Å²) in [4.78, 5) is 36.2. The Morgan fingerprint density at radius 1 is 0.725 bits per heavy atom. The van der Waals surface area contributed by atoms with Gasteiger partial charge in [0.05, 0.1) is 40.3 Å². The van der Waals surface area contributed by atoms with Gasteiger partial charge in [-0.25, -0.2) is 0 Å². The van der Waals surface area contributed by atoms with Crippen molar-refractivity contribution < 1.29 is 38.2 Å². The van der Waals surface area contributed by atoms with Gasteiger partial charge in [0.15, 0.2) is 6.10 Å². The van der Waals surface area contributed by atoms with E-state index < -0.39 is 18.1 Å². The molecule has 2 unspecified atom stereocenters. The minimum atomic E-state index is -1.13. The van der Waals surface area contributed by atoms with Gasteiger partial charge in [0, 0.05) is 19.3 Å². The van der Waals surface area contributed by atoms with Crippen LogP contribution < -0.4 is 5.11 Å². The fourth-order valence-electron chi connectivity index (χ4n) is 4.38. The Hall–Kier alpha value is -1.93. The molecule has 0 aromatic heterocycles. The zero-order valence-electron chi connectivity index (χ0n) is 26.3. The molecule has 0 radical (unpaired) electrons. The van der Waals surface area contributed by atoms with Crippen LogP contribution in [0.1, 0.15) is 123 Å². The summed E-state index contributed by atoms with van der Waals surface area (Å²) >= 11 is 0. The van der Waals surface area contributed by atoms with Crippen molar-refractivity contribution in [2.75, 3.05) is 41.0 Å². The molecule has 0 saturated carbocycles. The number of allylic oxidation sites excluding steroid dienone is 2. The lowest BCUT2D eigenvalue weighted by Crippen LogP contribution is -2.55. The third-order valence-corrected chi connectivity index (χ3v) is 6.92. The van der Waals surface area contributed by atoms with Gasteiger partial charge in [-0.2, -0.15) is 0 Å². The monoisotopic (exact) mass is 569 g/mol. The van der Waals surface area contributed by atoms with E-state index >= 15 is 0 Å². The molecule has 0 aliphatic heterocycles. The van der Waals surface area contributed by atoms with E-state index in [1.54, 1.807) is 21.1 Å². The largest absolute Gasteiger partial charge is 0.544 e. The molecular formula is C32H59NO7. The van der Waals surface area contributed by atoms with Crippen molar-refractivity contribution in [1.29, 1.82) is 0 Å². The number of hydrogen-bond acceptors (Lipinski definition) is 7. The van der Waals surface area contributed by atoms with Gasteiger partial charge in [-0.15, -0.1) is 0 Å². The van der Waals surface area contributed by atoms with Gasteiger partial charge in [-0.05, 0) is 25.7 Å². The summed E-state index contributed by atoms with van der Waals surface area (Å²) in [5.74, 6) is -1.81. The van der Waals surface area contributed by atoms with Crippen LogP contribution >= 0.6 is 0 Å². The standard InChI is InChI=1S/C32H59NO7/c1-6-8-10-12-14-16-18-20-22-30(34)39-27-28(26-38-25-24-29(32(36)37)33(3,4)5)40-31(35)23-21-19-17-15-13-11-9-7-2/h16,18,28-29H,6-15,17,19-27H2,1-5H3/b18-16+. The quantitative estimate of drug-likeness (QED) is 0.0556. The van der Waals surface area contributed by atoms with Crippen LogP contribution in [0.3, 0.4) is 0 Å². The molecule has 40 heavy (non-hydrogen) atoms. The van der Waals surface area contributed by atoms with Crippen LogP contribution in [0.25, 0.3) is 0 Å². The molecule has 0 aliphatic carbocycles. The number of carboxylic acid groups (broad SMARTS) is 1. The molecule has 0 spiro atoms. The second kappa shape index (κ2) is 24.8. The van der Waals surface area contributed by atoms with Crippen LogP contribution in [0.5, 0.6) is 0 Å². The lowest BCUT2D eigenvalue weighted by atomic mass is 10.1. The zero-order valence-corrected chi connectivity index (χ0v) is 26.3. The van der Waals surface area contributed by atoms with Crippen molar-refractivity contribution >= 4 is 17.9 Å². The molecule has 0 bridgehead atoms. The third-order valence-electron chi connectivity index (χ3n) is 6.92. The van der Waals surface area contributed by atoms with E-state index in [-0.39, 0.29) is 49.1 Å². The topological polar surface area (TPSA) is 102 Å². The van der Waals surface area contributed by atoms with E-state index in [1.807, 2.05) is 6.08 Å². The van der Waals surface area contributed by atoms with Gasteiger partial charge in [-0.3, -0.25) is 9.59 Å². The number of carbonyl (C=O) groups is 3. The van der Waals surface area contributed by atoms with Gasteiger partial charge in [0.1, 0.15) is 12.6 Å². The summed E-state index contributed by atoms with van der Waals surface area (Å²) in [6, 6.07) is -0.722. The Balaban J connectivity index is 4.57. The summed E-state index contributed by atoms with van der Waals surface area (Å²) in [6.45, 7) is 4.51. The van der Waals surface area contributed by atoms with E-state index in [2.05, 4.69) is 19.9 Å². The fourth-order valence-corrected chi connectivity index (χ4v) is 4.38. The van der Waals surface area contributed by atoms with Gasteiger partial charge < -0.3 is 28.6 Å². The summed E-state index contributed by atoms with van der Waals surface area (Å²) in [6.07, 6.45) is 19.8. The normalized spacial score (nSPS) is 13.3. The molecule has 0 aliphatic rings. The highest BCUT2D eigenvalue weighted by molar-refractivity contribution is 5.70. The molecule has 8 nitrogen and oxygen atoms in total. The van der Waals surface area contributed by atoms with Crippen molar-refractivity contribution in [3.8, 4) is 0 Å². The maximum atomic E-state index is 12.5. The smallest absolute Gasteiger partial charge is 0.306 e. The first-order valence-corrected chi connectivity index (χ1v) is 15.7. The highest BCUT2D eigenvalue weighted by atomic mass is 16.6. The van der Waals surface area contributed by atoms with Crippen LogP contribution in [0.4, 0.5) is 0 Å². The fraction of sp³-hybridized carbons (Fsp3) is 0.844. The van der Waals surface area contributed by atoms with E-state index in [9.17, 15) is 19.5 Å². The highest BCUT2D eigenvalue weighted by Gasteiger charge is 2.25. The first-order valence-electron chi connectivity index (χ1n) is 15.7. The molecule has 0 saturated heterocycles. The Morgan fingerprint density at radius 2 is 1.30 bits per heavy atom. The Bertz CT molecular complexity index is 687. The minimum Gasteiger partial charge on any atom is -0.544 e. The average molecular weight is 570 g/mol. The molecule has 0 aromatic rings. The second-order valence-electron chi connectivity index (χ2n) is 11.7. The molecule has 8 heteroatoms. The molecule has 0 fully saturated rings. The predicted molar refractivity (Wildman–Crippen MR) is 157 cm³/mol. The molecule has 0 rings (SSSR count). The number of aliphatic carboxylic acids is 1. The van der Waals surface area contributed by atoms with Crippen molar-refractivity contribution in [2.24, 2.45) is 0 Å². The van der Waals surface area contributed by atoms with Crippen LogP contribution in [-0.4, -0.2) is 75.5 Å². The number of esters is 2. The maximum absolute atomic E-state index is 12.5. The van der Waals surface area contributed by atoms with Crippen molar-refractivity contribution in [2.45, 2.75) is 135 Å².